The molecule has 0 atom stereocenters. The molecule has 0 aliphatic rings. The first-order valence-electron chi connectivity index (χ1n) is 18.4. The van der Waals surface area contributed by atoms with E-state index in [1.165, 1.54) is 43.8 Å². The van der Waals surface area contributed by atoms with Gasteiger partial charge in [0.05, 0.1) is 5.39 Å². The van der Waals surface area contributed by atoms with E-state index in [1.807, 2.05) is 24.3 Å². The Hall–Kier alpha value is -7.16. The summed E-state index contributed by atoms with van der Waals surface area (Å²) in [7, 11) is 0. The van der Waals surface area contributed by atoms with Crippen molar-refractivity contribution < 1.29 is 8.83 Å². The molecule has 2 heteroatoms. The van der Waals surface area contributed by atoms with E-state index in [0.29, 0.717) is 0 Å². The number of hydrogen-bond donors (Lipinski definition) is 0. The number of rotatable bonds is 5. The van der Waals surface area contributed by atoms with E-state index in [2.05, 4.69) is 164 Å². The van der Waals surface area contributed by atoms with Gasteiger partial charge in [0.2, 0.25) is 0 Å². The molecule has 11 aromatic rings. The zero-order chi connectivity index (χ0) is 35.8. The van der Waals surface area contributed by atoms with Crippen LogP contribution in [0.1, 0.15) is 5.56 Å². The van der Waals surface area contributed by atoms with Crippen molar-refractivity contribution in [2.45, 2.75) is 0 Å². The number of hydrogen-bond acceptors (Lipinski definition) is 2. The first kappa shape index (κ1) is 30.5. The highest BCUT2D eigenvalue weighted by Crippen LogP contribution is 2.46. The molecule has 11 rings (SSSR count). The summed E-state index contributed by atoms with van der Waals surface area (Å²) in [5.41, 5.74) is 11.7. The van der Waals surface area contributed by atoms with Gasteiger partial charge in [-0.05, 0) is 90.1 Å². The predicted octanol–water partition coefficient (Wildman–Crippen LogP) is 15.1. The molecule has 0 fully saturated rings. The molecule has 0 amide bonds. The van der Waals surface area contributed by atoms with E-state index in [1.54, 1.807) is 0 Å². The van der Waals surface area contributed by atoms with Gasteiger partial charge >= 0.3 is 0 Å². The molecule has 0 radical (unpaired) electrons. The Balaban J connectivity index is 1.06. The molecule has 2 aromatic heterocycles. The quantitative estimate of drug-likeness (QED) is 0.133. The Morgan fingerprint density at radius 3 is 1.63 bits per heavy atom. The fraction of sp³-hybridized carbons (Fsp3) is 0. The Morgan fingerprint density at radius 1 is 0.370 bits per heavy atom. The van der Waals surface area contributed by atoms with E-state index >= 15 is 0 Å². The lowest BCUT2D eigenvalue weighted by molar-refractivity contribution is 0.665. The third-order valence-electron chi connectivity index (χ3n) is 11.0. The number of fused-ring (bicyclic) bond motifs is 12. The van der Waals surface area contributed by atoms with E-state index in [9.17, 15) is 0 Å². The molecular formula is C52H32O2. The van der Waals surface area contributed by atoms with Crippen molar-refractivity contribution in [2.24, 2.45) is 0 Å². The standard InChI is InChI=1S/C52H32O2/c1-2-3-13-32-14-12-15-36(30-32)48-39-18-6-4-16-37(39)47(38-17-5-7-19-40(38)48)34-26-24-33(25-27-34)35-28-29-44-46(31-35)54-51-42-21-9-8-20-41(42)49-43-22-10-11-23-45(43)53-52(49)50(44)51/h2-31H,1H2/b13-3-. The Kier molecular flexibility index (Phi) is 6.74. The van der Waals surface area contributed by atoms with Gasteiger partial charge in [-0.25, -0.2) is 0 Å². The van der Waals surface area contributed by atoms with Gasteiger partial charge in [0, 0.05) is 21.5 Å². The normalized spacial score (nSPS) is 12.1. The molecule has 0 spiro atoms. The maximum absolute atomic E-state index is 6.73. The minimum Gasteiger partial charge on any atom is -0.455 e. The van der Waals surface area contributed by atoms with Gasteiger partial charge < -0.3 is 8.83 Å². The predicted molar refractivity (Wildman–Crippen MR) is 229 cm³/mol. The summed E-state index contributed by atoms with van der Waals surface area (Å²) < 4.78 is 13.3. The van der Waals surface area contributed by atoms with Crippen LogP contribution < -0.4 is 0 Å². The highest BCUT2D eigenvalue weighted by atomic mass is 16.3. The third kappa shape index (κ3) is 4.54. The first-order chi connectivity index (χ1) is 26.7. The van der Waals surface area contributed by atoms with Crippen LogP contribution in [0.2, 0.25) is 0 Å². The van der Waals surface area contributed by atoms with E-state index in [4.69, 9.17) is 8.83 Å². The molecule has 0 N–H and O–H groups in total. The van der Waals surface area contributed by atoms with Gasteiger partial charge in [0.15, 0.2) is 0 Å². The molecule has 0 unspecified atom stereocenters. The second-order valence-electron chi connectivity index (χ2n) is 14.0. The van der Waals surface area contributed by atoms with Crippen molar-refractivity contribution in [3.8, 4) is 33.4 Å². The molecule has 0 saturated carbocycles. The van der Waals surface area contributed by atoms with Gasteiger partial charge in [-0.3, -0.25) is 0 Å². The van der Waals surface area contributed by atoms with E-state index < -0.39 is 0 Å². The lowest BCUT2D eigenvalue weighted by atomic mass is 9.85. The van der Waals surface area contributed by atoms with Crippen LogP contribution in [0.15, 0.2) is 191 Å². The van der Waals surface area contributed by atoms with Gasteiger partial charge in [-0.2, -0.15) is 0 Å². The molecule has 0 bridgehead atoms. The van der Waals surface area contributed by atoms with E-state index in [0.717, 1.165) is 71.3 Å². The summed E-state index contributed by atoms with van der Waals surface area (Å²) in [6.45, 7) is 3.85. The molecule has 2 nitrogen and oxygen atoms in total. The molecule has 2 heterocycles. The average Bonchev–Trinajstić information content (AvgIpc) is 3.81. The van der Waals surface area contributed by atoms with Crippen LogP contribution in [0.4, 0.5) is 0 Å². The summed E-state index contributed by atoms with van der Waals surface area (Å²) in [6.07, 6.45) is 5.90. The maximum atomic E-state index is 6.73. The topological polar surface area (TPSA) is 26.3 Å². The number of para-hydroxylation sites is 1. The minimum atomic E-state index is 0.848. The zero-order valence-corrected chi connectivity index (χ0v) is 29.3. The Bertz CT molecular complexity index is 3280. The number of benzene rings is 9. The lowest BCUT2D eigenvalue weighted by Gasteiger charge is -2.18. The molecule has 0 aliphatic heterocycles. The fourth-order valence-corrected chi connectivity index (χ4v) is 8.64. The number of allylic oxidation sites excluding steroid dienone is 2. The maximum Gasteiger partial charge on any atom is 0.147 e. The van der Waals surface area contributed by atoms with Gasteiger partial charge in [-0.15, -0.1) is 0 Å². The Morgan fingerprint density at radius 2 is 0.926 bits per heavy atom. The molecule has 0 saturated heterocycles. The van der Waals surface area contributed by atoms with Crippen molar-refractivity contribution in [3.63, 3.8) is 0 Å². The summed E-state index contributed by atoms with van der Waals surface area (Å²) in [6, 6.07) is 58.7. The van der Waals surface area contributed by atoms with Gasteiger partial charge in [0.25, 0.3) is 0 Å². The summed E-state index contributed by atoms with van der Waals surface area (Å²) in [4.78, 5) is 0. The smallest absolute Gasteiger partial charge is 0.147 e. The summed E-state index contributed by atoms with van der Waals surface area (Å²) >= 11 is 0. The van der Waals surface area contributed by atoms with Crippen LogP contribution in [0, 0.1) is 0 Å². The SMILES string of the molecule is C=C/C=C\c1cccc(-c2c3ccccc3c(-c3ccc(-c4ccc5c(c4)oc4c6ccccc6c6c7ccccc7oc6c54)cc3)c3ccccc23)c1. The summed E-state index contributed by atoms with van der Waals surface area (Å²) in [5, 5.41) is 11.5. The third-order valence-corrected chi connectivity index (χ3v) is 11.0. The molecular weight excluding hydrogens is 657 g/mol. The lowest BCUT2D eigenvalue weighted by Crippen LogP contribution is -1.91. The van der Waals surface area contributed by atoms with E-state index in [-0.39, 0.29) is 0 Å². The second-order valence-corrected chi connectivity index (χ2v) is 14.0. The molecule has 252 valence electrons. The molecule has 0 aliphatic carbocycles. The molecule has 9 aromatic carbocycles. The Labute approximate surface area is 311 Å². The molecule has 54 heavy (non-hydrogen) atoms. The van der Waals surface area contributed by atoms with Crippen molar-refractivity contribution in [1.82, 2.24) is 0 Å². The first-order valence-corrected chi connectivity index (χ1v) is 18.4. The average molecular weight is 689 g/mol. The van der Waals surface area contributed by atoms with Gasteiger partial charge in [-0.1, -0.05) is 164 Å². The van der Waals surface area contributed by atoms with Gasteiger partial charge in [0.1, 0.15) is 22.3 Å². The van der Waals surface area contributed by atoms with Crippen molar-refractivity contribution in [1.29, 1.82) is 0 Å². The van der Waals surface area contributed by atoms with Crippen LogP contribution in [-0.2, 0) is 0 Å². The summed E-state index contributed by atoms with van der Waals surface area (Å²) in [5.74, 6) is 0. The highest BCUT2D eigenvalue weighted by molar-refractivity contribution is 6.33. The van der Waals surface area contributed by atoms with Crippen LogP contribution in [0.25, 0.3) is 116 Å². The van der Waals surface area contributed by atoms with Crippen LogP contribution >= 0.6 is 0 Å². The monoisotopic (exact) mass is 688 g/mol. The van der Waals surface area contributed by atoms with Crippen LogP contribution in [0.3, 0.4) is 0 Å². The second kappa shape index (κ2) is 11.9. The van der Waals surface area contributed by atoms with Crippen molar-refractivity contribution >= 4 is 82.3 Å². The zero-order valence-electron chi connectivity index (χ0n) is 29.3. The fourth-order valence-electron chi connectivity index (χ4n) is 8.64. The van der Waals surface area contributed by atoms with Crippen LogP contribution in [0.5, 0.6) is 0 Å². The van der Waals surface area contributed by atoms with Crippen molar-refractivity contribution in [3.05, 3.63) is 188 Å². The number of furan rings is 2. The largest absolute Gasteiger partial charge is 0.455 e. The minimum absolute atomic E-state index is 0.848. The van der Waals surface area contributed by atoms with Crippen LogP contribution in [-0.4, -0.2) is 0 Å². The highest BCUT2D eigenvalue weighted by Gasteiger charge is 2.21. The van der Waals surface area contributed by atoms with Crippen molar-refractivity contribution in [2.75, 3.05) is 0 Å².